The molecule has 220 valence electrons. The third kappa shape index (κ3) is 8.29. The number of halogens is 3. The van der Waals surface area contributed by atoms with Crippen molar-refractivity contribution in [3.05, 3.63) is 87.4 Å². The van der Waals surface area contributed by atoms with Gasteiger partial charge in [0, 0.05) is 27.7 Å². The Morgan fingerprint density at radius 3 is 2.17 bits per heavy atom. The monoisotopic (exact) mass is 639 g/mol. The van der Waals surface area contributed by atoms with Crippen LogP contribution >= 0.6 is 34.8 Å². The number of hydrogen-bond acceptors (Lipinski definition) is 5. The van der Waals surface area contributed by atoms with Crippen LogP contribution in [0.5, 0.6) is 5.75 Å². The van der Waals surface area contributed by atoms with Gasteiger partial charge in [-0.3, -0.25) is 13.9 Å². The van der Waals surface area contributed by atoms with Crippen molar-refractivity contribution >= 4 is 62.3 Å². The predicted octanol–water partition coefficient (Wildman–Crippen LogP) is 6.18. The Morgan fingerprint density at radius 1 is 0.951 bits per heavy atom. The summed E-state index contributed by atoms with van der Waals surface area (Å²) in [6.45, 7) is 4.75. The molecule has 0 aromatic heterocycles. The van der Waals surface area contributed by atoms with E-state index in [0.29, 0.717) is 21.4 Å². The second-order valence-electron chi connectivity index (χ2n) is 9.51. The van der Waals surface area contributed by atoms with Gasteiger partial charge in [0.2, 0.25) is 11.8 Å². The lowest BCUT2D eigenvalue weighted by Gasteiger charge is -2.33. The van der Waals surface area contributed by atoms with Gasteiger partial charge < -0.3 is 15.0 Å². The van der Waals surface area contributed by atoms with E-state index in [9.17, 15) is 18.0 Å². The number of carbonyl (C=O) groups excluding carboxylic acids is 2. The topological polar surface area (TPSA) is 96.0 Å². The maximum atomic E-state index is 14.1. The van der Waals surface area contributed by atoms with Gasteiger partial charge in [0.1, 0.15) is 18.3 Å². The van der Waals surface area contributed by atoms with Gasteiger partial charge in [-0.15, -0.1) is 0 Å². The molecule has 0 aliphatic rings. The SMILES string of the molecule is CC[C@H](C(=O)NC(C)C)N(Cc1ccc(Cl)cc1Cl)C(=O)CN(c1cccc(Cl)c1)S(=O)(=O)c1ccc(OC)cc1. The Bertz CT molecular complexity index is 1480. The summed E-state index contributed by atoms with van der Waals surface area (Å²) in [5.74, 6) is -0.505. The molecule has 3 rings (SSSR count). The number of carbonyl (C=O) groups is 2. The highest BCUT2D eigenvalue weighted by Crippen LogP contribution is 2.29. The van der Waals surface area contributed by atoms with Crippen LogP contribution in [0.15, 0.2) is 71.6 Å². The number of methoxy groups -OCH3 is 1. The number of amides is 2. The summed E-state index contributed by atoms with van der Waals surface area (Å²) in [6.07, 6.45) is 0.276. The molecular weight excluding hydrogens is 609 g/mol. The number of ether oxygens (including phenoxy) is 1. The van der Waals surface area contributed by atoms with E-state index in [0.717, 1.165) is 4.31 Å². The first kappa shape index (κ1) is 32.5. The van der Waals surface area contributed by atoms with Crippen molar-refractivity contribution in [3.8, 4) is 5.75 Å². The van der Waals surface area contributed by atoms with Gasteiger partial charge in [-0.2, -0.15) is 0 Å². The van der Waals surface area contributed by atoms with Crippen LogP contribution in [0.3, 0.4) is 0 Å². The molecule has 0 saturated heterocycles. The summed E-state index contributed by atoms with van der Waals surface area (Å²) in [4.78, 5) is 28.6. The molecule has 8 nitrogen and oxygen atoms in total. The van der Waals surface area contributed by atoms with Crippen molar-refractivity contribution in [1.29, 1.82) is 0 Å². The summed E-state index contributed by atoms with van der Waals surface area (Å²) in [6, 6.07) is 15.8. The highest BCUT2D eigenvalue weighted by Gasteiger charge is 2.34. The molecule has 0 radical (unpaired) electrons. The van der Waals surface area contributed by atoms with E-state index in [4.69, 9.17) is 39.5 Å². The first-order valence-corrected chi connectivity index (χ1v) is 15.4. The standard InChI is InChI=1S/C29H32Cl3N3O5S/c1-5-27(29(37)33-19(2)3)34(17-20-9-10-22(31)16-26(20)32)28(36)18-35(23-8-6-7-21(30)15-23)41(38,39)25-13-11-24(40-4)12-14-25/h6-16,19,27H,5,17-18H2,1-4H3,(H,33,37)/t27-/m1/s1. The Morgan fingerprint density at radius 2 is 1.61 bits per heavy atom. The van der Waals surface area contributed by atoms with Gasteiger partial charge in [0.05, 0.1) is 17.7 Å². The highest BCUT2D eigenvalue weighted by molar-refractivity contribution is 7.92. The van der Waals surface area contributed by atoms with Crippen molar-refractivity contribution in [3.63, 3.8) is 0 Å². The van der Waals surface area contributed by atoms with E-state index in [-0.39, 0.29) is 40.5 Å². The Balaban J connectivity index is 2.09. The zero-order valence-electron chi connectivity index (χ0n) is 23.1. The average Bonchev–Trinajstić information content (AvgIpc) is 2.92. The van der Waals surface area contributed by atoms with Crippen LogP contribution < -0.4 is 14.4 Å². The van der Waals surface area contributed by atoms with Crippen LogP contribution in [0.25, 0.3) is 0 Å². The number of rotatable bonds is 12. The quantitative estimate of drug-likeness (QED) is 0.255. The molecule has 0 saturated carbocycles. The lowest BCUT2D eigenvalue weighted by molar-refractivity contribution is -0.140. The molecule has 12 heteroatoms. The zero-order valence-corrected chi connectivity index (χ0v) is 26.2. The molecule has 0 aliphatic heterocycles. The van der Waals surface area contributed by atoms with Crippen molar-refractivity contribution in [1.82, 2.24) is 10.2 Å². The van der Waals surface area contributed by atoms with Crippen molar-refractivity contribution in [2.24, 2.45) is 0 Å². The van der Waals surface area contributed by atoms with E-state index in [1.165, 1.54) is 42.3 Å². The van der Waals surface area contributed by atoms with Crippen LogP contribution in [-0.4, -0.2) is 50.9 Å². The number of sulfonamides is 1. The maximum Gasteiger partial charge on any atom is 0.264 e. The number of nitrogens with one attached hydrogen (secondary N) is 1. The van der Waals surface area contributed by atoms with Crippen LogP contribution in [0, 0.1) is 0 Å². The van der Waals surface area contributed by atoms with Crippen molar-refractivity contribution in [2.75, 3.05) is 18.0 Å². The van der Waals surface area contributed by atoms with E-state index < -0.39 is 28.5 Å². The Hall–Kier alpha value is -2.98. The minimum Gasteiger partial charge on any atom is -0.497 e. The molecule has 2 amide bonds. The molecule has 1 N–H and O–H groups in total. The normalized spacial score (nSPS) is 12.1. The molecule has 3 aromatic carbocycles. The van der Waals surface area contributed by atoms with E-state index in [1.54, 1.807) is 43.3 Å². The number of anilines is 1. The second kappa shape index (κ2) is 14.3. The van der Waals surface area contributed by atoms with Gasteiger partial charge in [-0.05, 0) is 80.4 Å². The van der Waals surface area contributed by atoms with Gasteiger partial charge in [-0.1, -0.05) is 53.9 Å². The van der Waals surface area contributed by atoms with Crippen LogP contribution in [0.1, 0.15) is 32.8 Å². The molecule has 41 heavy (non-hydrogen) atoms. The largest absolute Gasteiger partial charge is 0.497 e. The van der Waals surface area contributed by atoms with E-state index >= 15 is 0 Å². The van der Waals surface area contributed by atoms with Gasteiger partial charge in [-0.25, -0.2) is 8.42 Å². The van der Waals surface area contributed by atoms with E-state index in [2.05, 4.69) is 5.32 Å². The highest BCUT2D eigenvalue weighted by atomic mass is 35.5. The fraction of sp³-hybridized carbons (Fsp3) is 0.310. The van der Waals surface area contributed by atoms with Gasteiger partial charge in [0.15, 0.2) is 0 Å². The zero-order chi connectivity index (χ0) is 30.3. The molecule has 3 aromatic rings. The number of nitrogens with zero attached hydrogens (tertiary/aromatic N) is 2. The second-order valence-corrected chi connectivity index (χ2v) is 12.7. The number of hydrogen-bond donors (Lipinski definition) is 1. The Labute approximate surface area is 256 Å². The molecule has 0 spiro atoms. The summed E-state index contributed by atoms with van der Waals surface area (Å²) in [5.41, 5.74) is 0.735. The molecule has 0 heterocycles. The first-order valence-electron chi connectivity index (χ1n) is 12.8. The summed E-state index contributed by atoms with van der Waals surface area (Å²) >= 11 is 18.7. The lowest BCUT2D eigenvalue weighted by atomic mass is 10.1. The molecule has 1 atom stereocenters. The lowest BCUT2D eigenvalue weighted by Crippen LogP contribution is -2.53. The van der Waals surface area contributed by atoms with E-state index in [1.807, 2.05) is 13.8 Å². The van der Waals surface area contributed by atoms with Crippen molar-refractivity contribution < 1.29 is 22.7 Å². The minimum absolute atomic E-state index is 0.0508. The fourth-order valence-electron chi connectivity index (χ4n) is 4.17. The minimum atomic E-state index is -4.26. The van der Waals surface area contributed by atoms with Crippen molar-refractivity contribution in [2.45, 2.75) is 50.7 Å². The summed E-state index contributed by atoms with van der Waals surface area (Å²) in [5, 5.41) is 3.87. The smallest absolute Gasteiger partial charge is 0.264 e. The average molecular weight is 641 g/mol. The maximum absolute atomic E-state index is 14.1. The molecule has 0 aliphatic carbocycles. The molecule has 0 unspecified atom stereocenters. The third-order valence-corrected chi connectivity index (χ3v) is 8.81. The number of benzene rings is 3. The molecule has 0 bridgehead atoms. The van der Waals surface area contributed by atoms with Gasteiger partial charge >= 0.3 is 0 Å². The summed E-state index contributed by atoms with van der Waals surface area (Å²) in [7, 11) is -2.78. The molecular formula is C29H32Cl3N3O5S. The Kier molecular flexibility index (Phi) is 11.3. The third-order valence-electron chi connectivity index (χ3n) is 6.20. The molecule has 0 fully saturated rings. The van der Waals surface area contributed by atoms with Gasteiger partial charge in [0.25, 0.3) is 10.0 Å². The van der Waals surface area contributed by atoms with Crippen LogP contribution in [0.4, 0.5) is 5.69 Å². The fourth-order valence-corrected chi connectivity index (χ4v) is 6.23. The summed E-state index contributed by atoms with van der Waals surface area (Å²) < 4.78 is 34.0. The van der Waals surface area contributed by atoms with Crippen LogP contribution in [-0.2, 0) is 26.2 Å². The van der Waals surface area contributed by atoms with Crippen LogP contribution in [0.2, 0.25) is 15.1 Å². The predicted molar refractivity (Wildman–Crippen MR) is 163 cm³/mol. The first-order chi connectivity index (χ1) is 19.4.